The molecule has 0 spiro atoms. The van der Waals surface area contributed by atoms with E-state index < -0.39 is 16.8 Å². The number of carbonyl (C=O) groups is 4. The number of hydrogen-bond acceptors (Lipinski definition) is 7. The zero-order chi connectivity index (χ0) is 36.3. The van der Waals surface area contributed by atoms with Crippen LogP contribution in [0.2, 0.25) is 0 Å². The summed E-state index contributed by atoms with van der Waals surface area (Å²) in [6, 6.07) is 16.7. The number of thioether (sulfide) groups is 2. The molecule has 3 N–H and O–H groups in total. The van der Waals surface area contributed by atoms with Crippen LogP contribution < -0.4 is 10.6 Å². The van der Waals surface area contributed by atoms with E-state index in [-0.39, 0.29) is 46.7 Å². The Morgan fingerprint density at radius 2 is 1.08 bits per heavy atom. The Balaban J connectivity index is 0.000000266. The van der Waals surface area contributed by atoms with E-state index in [0.717, 1.165) is 50.0 Å². The Morgan fingerprint density at radius 1 is 0.694 bits per heavy atom. The van der Waals surface area contributed by atoms with E-state index in [1.165, 1.54) is 29.4 Å². The molecular formula is C39H56N2O6S2. The molecule has 0 saturated carbocycles. The van der Waals surface area contributed by atoms with Crippen LogP contribution in [-0.4, -0.2) is 70.1 Å². The molecule has 270 valence electrons. The fourth-order valence-electron chi connectivity index (χ4n) is 6.11. The Hall–Kier alpha value is -2.98. The fraction of sp³-hybridized carbons (Fsp3) is 0.590. The topological polar surface area (TPSA) is 122 Å². The molecule has 0 fully saturated rings. The number of methoxy groups -OCH3 is 1. The van der Waals surface area contributed by atoms with Gasteiger partial charge in [0.2, 0.25) is 11.8 Å². The van der Waals surface area contributed by atoms with Crippen molar-refractivity contribution in [3.8, 4) is 0 Å². The van der Waals surface area contributed by atoms with Crippen molar-refractivity contribution in [2.45, 2.75) is 102 Å². The highest BCUT2D eigenvalue weighted by molar-refractivity contribution is 8.00. The number of benzene rings is 2. The van der Waals surface area contributed by atoms with Gasteiger partial charge in [0.05, 0.1) is 30.8 Å². The van der Waals surface area contributed by atoms with Crippen molar-refractivity contribution >= 4 is 47.3 Å². The van der Waals surface area contributed by atoms with E-state index in [9.17, 15) is 19.2 Å². The van der Waals surface area contributed by atoms with E-state index in [0.29, 0.717) is 6.54 Å². The lowest BCUT2D eigenvalue weighted by molar-refractivity contribution is -0.141. The van der Waals surface area contributed by atoms with Crippen LogP contribution in [0.25, 0.3) is 0 Å². The summed E-state index contributed by atoms with van der Waals surface area (Å²) in [5.41, 5.74) is 4.32. The third-order valence-corrected chi connectivity index (χ3v) is 12.2. The molecule has 0 aromatic heterocycles. The molecule has 2 amide bonds. The van der Waals surface area contributed by atoms with Crippen molar-refractivity contribution in [2.24, 2.45) is 10.8 Å². The molecule has 0 bridgehead atoms. The third-order valence-electron chi connectivity index (χ3n) is 9.03. The van der Waals surface area contributed by atoms with Gasteiger partial charge in [-0.25, -0.2) is 0 Å². The SMILES string of the molecule is CC(C)(C)SCC1(C(=O)NCCC(=O)O)CCc2ccccc2C1.COC(=O)CCNC(=O)C1(CSC(C)(C)C)CCc2ccccc2C1. The van der Waals surface area contributed by atoms with E-state index in [1.54, 1.807) is 11.8 Å². The molecule has 2 unspecified atom stereocenters. The maximum absolute atomic E-state index is 13.0. The van der Waals surface area contributed by atoms with Crippen LogP contribution in [0.3, 0.4) is 0 Å². The maximum atomic E-state index is 13.0. The van der Waals surface area contributed by atoms with Gasteiger partial charge in [-0.15, -0.1) is 0 Å². The van der Waals surface area contributed by atoms with Gasteiger partial charge in [-0.1, -0.05) is 90.1 Å². The molecule has 2 aliphatic carbocycles. The van der Waals surface area contributed by atoms with Gasteiger partial charge in [0.25, 0.3) is 0 Å². The van der Waals surface area contributed by atoms with Crippen molar-refractivity contribution in [1.82, 2.24) is 10.6 Å². The van der Waals surface area contributed by atoms with Gasteiger partial charge >= 0.3 is 11.9 Å². The number of hydrogen-bond donors (Lipinski definition) is 3. The van der Waals surface area contributed by atoms with Crippen LogP contribution in [0.4, 0.5) is 0 Å². The number of rotatable bonds is 12. The average Bonchev–Trinajstić information content (AvgIpc) is 3.05. The van der Waals surface area contributed by atoms with Gasteiger partial charge in [-0.3, -0.25) is 19.2 Å². The second-order valence-corrected chi connectivity index (χ2v) is 18.8. The number of fused-ring (bicyclic) bond motifs is 2. The summed E-state index contributed by atoms with van der Waals surface area (Å²) >= 11 is 3.64. The zero-order valence-corrected chi connectivity index (χ0v) is 32.0. The van der Waals surface area contributed by atoms with Crippen LogP contribution in [0, 0.1) is 10.8 Å². The lowest BCUT2D eigenvalue weighted by Gasteiger charge is -2.38. The van der Waals surface area contributed by atoms with E-state index in [4.69, 9.17) is 5.11 Å². The average molecular weight is 713 g/mol. The van der Waals surface area contributed by atoms with E-state index in [2.05, 4.69) is 87.2 Å². The Kier molecular flexibility index (Phi) is 14.7. The first-order valence-electron chi connectivity index (χ1n) is 17.2. The van der Waals surface area contributed by atoms with E-state index in [1.807, 2.05) is 30.0 Å². The van der Waals surface area contributed by atoms with Gasteiger partial charge in [0.1, 0.15) is 0 Å². The molecule has 0 saturated heterocycles. The first-order valence-corrected chi connectivity index (χ1v) is 19.2. The minimum absolute atomic E-state index is 0.00463. The first kappa shape index (κ1) is 40.4. The minimum Gasteiger partial charge on any atom is -0.481 e. The number of aliphatic carboxylic acids is 1. The Labute approximate surface area is 301 Å². The third kappa shape index (κ3) is 12.7. The maximum Gasteiger partial charge on any atom is 0.307 e. The summed E-state index contributed by atoms with van der Waals surface area (Å²) in [4.78, 5) is 47.9. The number of esters is 1. The van der Waals surface area contributed by atoms with Gasteiger partial charge in [-0.2, -0.15) is 23.5 Å². The predicted molar refractivity (Wildman–Crippen MR) is 201 cm³/mol. The van der Waals surface area contributed by atoms with Gasteiger partial charge in [0, 0.05) is 34.1 Å². The second-order valence-electron chi connectivity index (χ2n) is 15.2. The summed E-state index contributed by atoms with van der Waals surface area (Å²) < 4.78 is 4.84. The predicted octanol–water partition coefficient (Wildman–Crippen LogP) is 6.66. The summed E-state index contributed by atoms with van der Waals surface area (Å²) in [5, 5.41) is 14.6. The quantitative estimate of drug-likeness (QED) is 0.209. The lowest BCUT2D eigenvalue weighted by atomic mass is 9.72. The molecule has 4 rings (SSSR count). The summed E-state index contributed by atoms with van der Waals surface area (Å²) in [6.07, 6.45) is 5.13. The van der Waals surface area contributed by atoms with Crippen LogP contribution in [0.1, 0.15) is 89.5 Å². The molecule has 2 aliphatic rings. The zero-order valence-electron chi connectivity index (χ0n) is 30.4. The van der Waals surface area contributed by atoms with Crippen molar-refractivity contribution in [1.29, 1.82) is 0 Å². The number of aryl methyl sites for hydroxylation is 2. The number of carbonyl (C=O) groups excluding carboxylic acids is 3. The highest BCUT2D eigenvalue weighted by Gasteiger charge is 2.43. The molecule has 0 aliphatic heterocycles. The van der Waals surface area contributed by atoms with Crippen molar-refractivity contribution < 1.29 is 29.0 Å². The first-order chi connectivity index (χ1) is 23.0. The van der Waals surface area contributed by atoms with Crippen LogP contribution >= 0.6 is 23.5 Å². The molecule has 0 heterocycles. The number of nitrogens with one attached hydrogen (secondary N) is 2. The van der Waals surface area contributed by atoms with Crippen LogP contribution in [-0.2, 0) is 49.6 Å². The van der Waals surface area contributed by atoms with Crippen LogP contribution in [0.15, 0.2) is 48.5 Å². The number of ether oxygens (including phenoxy) is 1. The second kappa shape index (κ2) is 17.8. The molecule has 0 radical (unpaired) electrons. The monoisotopic (exact) mass is 712 g/mol. The highest BCUT2D eigenvalue weighted by Crippen LogP contribution is 2.42. The van der Waals surface area contributed by atoms with Crippen molar-refractivity contribution in [2.75, 3.05) is 31.7 Å². The smallest absolute Gasteiger partial charge is 0.307 e. The Morgan fingerprint density at radius 3 is 1.45 bits per heavy atom. The molecule has 10 heteroatoms. The fourth-order valence-corrected chi connectivity index (χ4v) is 8.29. The lowest BCUT2D eigenvalue weighted by Crippen LogP contribution is -2.47. The largest absolute Gasteiger partial charge is 0.481 e. The van der Waals surface area contributed by atoms with Gasteiger partial charge in [-0.05, 0) is 60.8 Å². The summed E-state index contributed by atoms with van der Waals surface area (Å²) in [7, 11) is 1.36. The van der Waals surface area contributed by atoms with E-state index >= 15 is 0 Å². The molecule has 49 heavy (non-hydrogen) atoms. The number of amides is 2. The van der Waals surface area contributed by atoms with Gasteiger partial charge in [0.15, 0.2) is 0 Å². The molecule has 2 aromatic carbocycles. The van der Waals surface area contributed by atoms with Crippen LogP contribution in [0.5, 0.6) is 0 Å². The van der Waals surface area contributed by atoms with Gasteiger partial charge < -0.3 is 20.5 Å². The molecule has 2 aromatic rings. The Bertz CT molecular complexity index is 1450. The number of carboxylic acids is 1. The molecular weight excluding hydrogens is 657 g/mol. The summed E-state index contributed by atoms with van der Waals surface area (Å²) in [6.45, 7) is 13.5. The molecule has 2 atom stereocenters. The van der Waals surface area contributed by atoms with Crippen molar-refractivity contribution in [3.05, 3.63) is 70.8 Å². The van der Waals surface area contributed by atoms with Crippen molar-refractivity contribution in [3.63, 3.8) is 0 Å². The highest BCUT2D eigenvalue weighted by atomic mass is 32.2. The number of carboxylic acid groups (broad SMARTS) is 1. The summed E-state index contributed by atoms with van der Waals surface area (Å²) in [5.74, 6) is 0.408. The molecule has 8 nitrogen and oxygen atoms in total. The minimum atomic E-state index is -0.887. The normalized spacial score (nSPS) is 20.1. The standard InChI is InChI=1S/C20H29NO3S.C19H27NO3S/c1-19(2,3)25-14-20(18(23)21-12-10-17(22)24-4)11-9-15-7-5-6-8-16(15)13-20;1-18(2,3)24-13-19(17(23)20-11-9-16(21)22)10-8-14-6-4-5-7-15(14)12-19/h5-8H,9-14H2,1-4H3,(H,21,23);4-7H,8-13H2,1-3H3,(H,20,23)(H,21,22).